The average Bonchev–Trinajstić information content (AvgIpc) is 2.11. The molecule has 1 aromatic rings. The Morgan fingerprint density at radius 1 is 1.21 bits per heavy atom. The van der Waals surface area contributed by atoms with Gasteiger partial charge in [-0.2, -0.15) is 5.26 Å². The molecule has 0 aliphatic rings. The molecule has 0 saturated carbocycles. The first-order valence-electron chi connectivity index (χ1n) is 4.40. The molecule has 0 aromatic heterocycles. The van der Waals surface area contributed by atoms with E-state index in [1.54, 1.807) is 0 Å². The highest BCUT2D eigenvalue weighted by atomic mass is 19.2. The lowest BCUT2D eigenvalue weighted by atomic mass is 9.90. The molecule has 1 atom stereocenters. The van der Waals surface area contributed by atoms with Crippen molar-refractivity contribution in [3.8, 4) is 6.07 Å². The fourth-order valence-corrected chi connectivity index (χ4v) is 1.31. The van der Waals surface area contributed by atoms with E-state index in [2.05, 4.69) is 6.07 Å². The monoisotopic (exact) mass is 195 g/mol. The molecule has 3 heteroatoms. The minimum Gasteiger partial charge on any atom is -0.204 e. The Hall–Kier alpha value is -1.43. The summed E-state index contributed by atoms with van der Waals surface area (Å²) in [7, 11) is 0. The van der Waals surface area contributed by atoms with Gasteiger partial charge in [-0.25, -0.2) is 8.78 Å². The van der Waals surface area contributed by atoms with Gasteiger partial charge < -0.3 is 0 Å². The summed E-state index contributed by atoms with van der Waals surface area (Å²) in [5.74, 6) is -2.08. The molecular weight excluding hydrogens is 184 g/mol. The highest BCUT2D eigenvalue weighted by molar-refractivity contribution is 5.26. The van der Waals surface area contributed by atoms with E-state index in [0.717, 1.165) is 12.1 Å². The minimum atomic E-state index is -0.900. The van der Waals surface area contributed by atoms with Crippen molar-refractivity contribution >= 4 is 0 Å². The van der Waals surface area contributed by atoms with E-state index >= 15 is 0 Å². The summed E-state index contributed by atoms with van der Waals surface area (Å²) < 4.78 is 25.5. The van der Waals surface area contributed by atoms with Crippen molar-refractivity contribution < 1.29 is 8.78 Å². The molecule has 74 valence electrons. The third-order valence-electron chi connectivity index (χ3n) is 2.11. The van der Waals surface area contributed by atoms with E-state index in [-0.39, 0.29) is 11.8 Å². The van der Waals surface area contributed by atoms with Crippen molar-refractivity contribution in [2.75, 3.05) is 0 Å². The van der Waals surface area contributed by atoms with Gasteiger partial charge in [0, 0.05) is 0 Å². The SMILES string of the molecule is CC(C)C(C#N)c1ccc(F)c(F)c1. The zero-order valence-electron chi connectivity index (χ0n) is 8.09. The van der Waals surface area contributed by atoms with E-state index in [1.165, 1.54) is 6.07 Å². The standard InChI is InChI=1S/C11H11F2N/c1-7(2)9(6-14)8-3-4-10(12)11(13)5-8/h3-5,7,9H,1-2H3. The minimum absolute atomic E-state index is 0.0878. The summed E-state index contributed by atoms with van der Waals surface area (Å²) in [4.78, 5) is 0. The predicted molar refractivity (Wildman–Crippen MR) is 49.6 cm³/mol. The number of benzene rings is 1. The van der Waals surface area contributed by atoms with Gasteiger partial charge in [-0.05, 0) is 23.6 Å². The van der Waals surface area contributed by atoms with E-state index in [0.29, 0.717) is 5.56 Å². The van der Waals surface area contributed by atoms with Gasteiger partial charge in [0.05, 0.1) is 12.0 Å². The van der Waals surface area contributed by atoms with Gasteiger partial charge in [-0.3, -0.25) is 0 Å². The molecule has 0 amide bonds. The lowest BCUT2D eigenvalue weighted by Gasteiger charge is -2.12. The van der Waals surface area contributed by atoms with Crippen LogP contribution in [0.5, 0.6) is 0 Å². The quantitative estimate of drug-likeness (QED) is 0.710. The van der Waals surface area contributed by atoms with Gasteiger partial charge >= 0.3 is 0 Å². The maximum atomic E-state index is 12.9. The molecule has 0 aliphatic heterocycles. The fraction of sp³-hybridized carbons (Fsp3) is 0.364. The maximum Gasteiger partial charge on any atom is 0.159 e. The van der Waals surface area contributed by atoms with Gasteiger partial charge in [0.25, 0.3) is 0 Å². The van der Waals surface area contributed by atoms with Gasteiger partial charge in [-0.15, -0.1) is 0 Å². The number of nitriles is 1. The molecule has 0 N–H and O–H groups in total. The van der Waals surface area contributed by atoms with Gasteiger partial charge in [0.15, 0.2) is 11.6 Å². The predicted octanol–water partition coefficient (Wildman–Crippen LogP) is 3.23. The Labute approximate surface area is 82.0 Å². The molecule has 0 radical (unpaired) electrons. The molecule has 0 spiro atoms. The Bertz CT molecular complexity index is 366. The van der Waals surface area contributed by atoms with E-state index < -0.39 is 11.6 Å². The van der Waals surface area contributed by atoms with Crippen LogP contribution in [0.15, 0.2) is 18.2 Å². The van der Waals surface area contributed by atoms with Crippen LogP contribution in [0.4, 0.5) is 8.78 Å². The lowest BCUT2D eigenvalue weighted by Crippen LogP contribution is -2.04. The maximum absolute atomic E-state index is 12.9. The number of hydrogen-bond acceptors (Lipinski definition) is 1. The van der Waals surface area contributed by atoms with Crippen LogP contribution in [0.3, 0.4) is 0 Å². The molecule has 0 bridgehead atoms. The average molecular weight is 195 g/mol. The first-order chi connectivity index (χ1) is 6.56. The molecule has 14 heavy (non-hydrogen) atoms. The van der Waals surface area contributed by atoms with Crippen molar-refractivity contribution in [3.63, 3.8) is 0 Å². The zero-order valence-corrected chi connectivity index (χ0v) is 8.09. The van der Waals surface area contributed by atoms with Crippen LogP contribution in [-0.4, -0.2) is 0 Å². The summed E-state index contributed by atoms with van der Waals surface area (Å²) in [5, 5.41) is 8.84. The van der Waals surface area contributed by atoms with E-state index in [4.69, 9.17) is 5.26 Å². The Morgan fingerprint density at radius 2 is 1.86 bits per heavy atom. The second kappa shape index (κ2) is 4.19. The van der Waals surface area contributed by atoms with Gasteiger partial charge in [-0.1, -0.05) is 19.9 Å². The van der Waals surface area contributed by atoms with Crippen molar-refractivity contribution in [1.29, 1.82) is 5.26 Å². The van der Waals surface area contributed by atoms with E-state index in [1.807, 2.05) is 13.8 Å². The Morgan fingerprint density at radius 3 is 2.29 bits per heavy atom. The summed E-state index contributed by atoms with van der Waals surface area (Å²) in [6.07, 6.45) is 0. The Balaban J connectivity index is 3.08. The number of nitrogens with zero attached hydrogens (tertiary/aromatic N) is 1. The normalized spacial score (nSPS) is 12.6. The van der Waals surface area contributed by atoms with Crippen molar-refractivity contribution in [3.05, 3.63) is 35.4 Å². The second-order valence-corrected chi connectivity index (χ2v) is 3.52. The van der Waals surface area contributed by atoms with Crippen LogP contribution in [0.25, 0.3) is 0 Å². The number of hydrogen-bond donors (Lipinski definition) is 0. The van der Waals surface area contributed by atoms with Crippen LogP contribution >= 0.6 is 0 Å². The van der Waals surface area contributed by atoms with Crippen molar-refractivity contribution in [1.82, 2.24) is 0 Å². The largest absolute Gasteiger partial charge is 0.204 e. The first kappa shape index (κ1) is 10.6. The molecular formula is C11H11F2N. The molecule has 0 saturated heterocycles. The smallest absolute Gasteiger partial charge is 0.159 e. The highest BCUT2D eigenvalue weighted by Crippen LogP contribution is 2.24. The van der Waals surface area contributed by atoms with E-state index in [9.17, 15) is 8.78 Å². The number of rotatable bonds is 2. The topological polar surface area (TPSA) is 23.8 Å². The van der Waals surface area contributed by atoms with Gasteiger partial charge in [0.2, 0.25) is 0 Å². The summed E-state index contributed by atoms with van der Waals surface area (Å²) in [6.45, 7) is 3.74. The summed E-state index contributed by atoms with van der Waals surface area (Å²) in [6, 6.07) is 5.67. The highest BCUT2D eigenvalue weighted by Gasteiger charge is 2.16. The van der Waals surface area contributed by atoms with Crippen molar-refractivity contribution in [2.45, 2.75) is 19.8 Å². The molecule has 1 nitrogen and oxygen atoms in total. The Kier molecular flexibility index (Phi) is 3.19. The van der Waals surface area contributed by atoms with Crippen LogP contribution in [0.1, 0.15) is 25.3 Å². The summed E-state index contributed by atoms with van der Waals surface area (Å²) in [5.41, 5.74) is 0.529. The second-order valence-electron chi connectivity index (χ2n) is 3.52. The molecule has 0 aliphatic carbocycles. The zero-order chi connectivity index (χ0) is 10.7. The third kappa shape index (κ3) is 2.08. The van der Waals surface area contributed by atoms with Gasteiger partial charge in [0.1, 0.15) is 0 Å². The van der Waals surface area contributed by atoms with Crippen LogP contribution in [0.2, 0.25) is 0 Å². The van der Waals surface area contributed by atoms with Crippen molar-refractivity contribution in [2.24, 2.45) is 5.92 Å². The molecule has 0 fully saturated rings. The first-order valence-corrected chi connectivity index (χ1v) is 4.40. The van der Waals surface area contributed by atoms with Crippen LogP contribution in [0, 0.1) is 28.9 Å². The fourth-order valence-electron chi connectivity index (χ4n) is 1.31. The lowest BCUT2D eigenvalue weighted by molar-refractivity contribution is 0.502. The third-order valence-corrected chi connectivity index (χ3v) is 2.11. The number of halogens is 2. The van der Waals surface area contributed by atoms with Crippen LogP contribution in [-0.2, 0) is 0 Å². The molecule has 1 aromatic carbocycles. The molecule has 0 heterocycles. The van der Waals surface area contributed by atoms with Crippen LogP contribution < -0.4 is 0 Å². The molecule has 1 unspecified atom stereocenters. The molecule has 1 rings (SSSR count). The summed E-state index contributed by atoms with van der Waals surface area (Å²) >= 11 is 0.